The Hall–Kier alpha value is -1.88. The highest BCUT2D eigenvalue weighted by Crippen LogP contribution is 2.34. The van der Waals surface area contributed by atoms with Crippen LogP contribution in [0.3, 0.4) is 0 Å². The minimum atomic E-state index is -0.385. The molecule has 106 valence electrons. The van der Waals surface area contributed by atoms with Crippen LogP contribution in [-0.4, -0.2) is 37.1 Å². The van der Waals surface area contributed by atoms with E-state index >= 15 is 0 Å². The van der Waals surface area contributed by atoms with Crippen LogP contribution >= 0.6 is 0 Å². The number of halogens is 1. The highest BCUT2D eigenvalue weighted by atomic mass is 19.1. The van der Waals surface area contributed by atoms with Crippen molar-refractivity contribution in [1.29, 1.82) is 0 Å². The lowest BCUT2D eigenvalue weighted by Gasteiger charge is -2.47. The van der Waals surface area contributed by atoms with Crippen LogP contribution in [0.1, 0.15) is 12.5 Å². The van der Waals surface area contributed by atoms with Crippen LogP contribution in [0.4, 0.5) is 4.39 Å². The molecule has 1 aromatic carbocycles. The van der Waals surface area contributed by atoms with Gasteiger partial charge in [-0.25, -0.2) is 4.39 Å². The number of morpholine rings is 1. The standard InChI is InChI=1S/C15H17FN2O2/c1-15(11-2-4-12(16)5-3-11)10-20-7-6-18(15)13-8-14(19)17-9-13/h2-5,8H,6-7,9-10H2,1H3,(H,17,19). The molecule has 1 fully saturated rings. The van der Waals surface area contributed by atoms with Gasteiger partial charge in [-0.1, -0.05) is 12.1 Å². The summed E-state index contributed by atoms with van der Waals surface area (Å²) < 4.78 is 18.7. The van der Waals surface area contributed by atoms with E-state index in [4.69, 9.17) is 4.74 Å². The van der Waals surface area contributed by atoms with Gasteiger partial charge in [0, 0.05) is 18.3 Å². The average Bonchev–Trinajstić information content (AvgIpc) is 2.86. The van der Waals surface area contributed by atoms with Gasteiger partial charge in [-0.2, -0.15) is 0 Å². The minimum Gasteiger partial charge on any atom is -0.377 e. The lowest BCUT2D eigenvalue weighted by molar-refractivity contribution is -0.115. The van der Waals surface area contributed by atoms with Gasteiger partial charge in [-0.3, -0.25) is 4.79 Å². The number of nitrogens with zero attached hydrogens (tertiary/aromatic N) is 1. The molecule has 2 aliphatic heterocycles. The summed E-state index contributed by atoms with van der Waals surface area (Å²) in [5.74, 6) is -0.314. The summed E-state index contributed by atoms with van der Waals surface area (Å²) in [6, 6.07) is 6.48. The number of nitrogens with one attached hydrogen (secondary N) is 1. The minimum absolute atomic E-state index is 0.0621. The summed E-state index contributed by atoms with van der Waals surface area (Å²) in [6.07, 6.45) is 1.63. The van der Waals surface area contributed by atoms with Crippen molar-refractivity contribution in [3.05, 3.63) is 47.4 Å². The third-order valence-corrected chi connectivity index (χ3v) is 3.99. The smallest absolute Gasteiger partial charge is 0.246 e. The van der Waals surface area contributed by atoms with Crippen molar-refractivity contribution in [3.63, 3.8) is 0 Å². The van der Waals surface area contributed by atoms with E-state index in [1.807, 2.05) is 0 Å². The maximum absolute atomic E-state index is 13.1. The highest BCUT2D eigenvalue weighted by Gasteiger charge is 2.39. The molecule has 0 bridgehead atoms. The summed E-state index contributed by atoms with van der Waals surface area (Å²) in [6.45, 7) is 4.46. The molecule has 0 radical (unpaired) electrons. The summed E-state index contributed by atoms with van der Waals surface area (Å²) in [5, 5.41) is 2.79. The molecule has 2 aliphatic rings. The topological polar surface area (TPSA) is 41.6 Å². The second-order valence-electron chi connectivity index (χ2n) is 5.34. The normalized spacial score (nSPS) is 26.4. The van der Waals surface area contributed by atoms with Crippen LogP contribution < -0.4 is 5.32 Å². The van der Waals surface area contributed by atoms with E-state index in [0.717, 1.165) is 11.3 Å². The first-order valence-corrected chi connectivity index (χ1v) is 6.69. The maximum Gasteiger partial charge on any atom is 0.246 e. The highest BCUT2D eigenvalue weighted by molar-refractivity contribution is 5.90. The lowest BCUT2D eigenvalue weighted by Crippen LogP contribution is -2.52. The van der Waals surface area contributed by atoms with Crippen molar-refractivity contribution >= 4 is 5.91 Å². The largest absolute Gasteiger partial charge is 0.377 e. The predicted octanol–water partition coefficient (Wildman–Crippen LogP) is 1.39. The zero-order chi connectivity index (χ0) is 14.2. The fraction of sp³-hybridized carbons (Fsp3) is 0.400. The summed E-state index contributed by atoms with van der Waals surface area (Å²) in [7, 11) is 0. The molecule has 1 amide bonds. The third kappa shape index (κ3) is 2.18. The molecule has 3 rings (SSSR count). The molecule has 4 nitrogen and oxygen atoms in total. The summed E-state index contributed by atoms with van der Waals surface area (Å²) in [5.41, 5.74) is 1.56. The Balaban J connectivity index is 1.97. The van der Waals surface area contributed by atoms with E-state index in [-0.39, 0.29) is 17.3 Å². The van der Waals surface area contributed by atoms with Gasteiger partial charge in [0.25, 0.3) is 0 Å². The maximum atomic E-state index is 13.1. The molecule has 0 spiro atoms. The molecule has 2 heterocycles. The predicted molar refractivity (Wildman–Crippen MR) is 72.4 cm³/mol. The number of hydrogen-bond donors (Lipinski definition) is 1. The molecule has 1 N–H and O–H groups in total. The van der Waals surface area contributed by atoms with E-state index < -0.39 is 0 Å². The van der Waals surface area contributed by atoms with Crippen LogP contribution in [0.25, 0.3) is 0 Å². The van der Waals surface area contributed by atoms with Gasteiger partial charge in [-0.15, -0.1) is 0 Å². The van der Waals surface area contributed by atoms with Gasteiger partial charge in [0.1, 0.15) is 5.82 Å². The van der Waals surface area contributed by atoms with Crippen LogP contribution in [0, 0.1) is 5.82 Å². The van der Waals surface area contributed by atoms with Crippen molar-refractivity contribution in [2.75, 3.05) is 26.3 Å². The Kier molecular flexibility index (Phi) is 3.22. The summed E-state index contributed by atoms with van der Waals surface area (Å²) in [4.78, 5) is 13.6. The number of carbonyl (C=O) groups excluding carboxylic acids is 1. The molecule has 5 heteroatoms. The zero-order valence-electron chi connectivity index (χ0n) is 11.4. The van der Waals surface area contributed by atoms with Crippen molar-refractivity contribution < 1.29 is 13.9 Å². The van der Waals surface area contributed by atoms with Crippen molar-refractivity contribution in [1.82, 2.24) is 10.2 Å². The second kappa shape index (κ2) is 4.90. The Labute approximate surface area is 117 Å². The third-order valence-electron chi connectivity index (χ3n) is 3.99. The first-order chi connectivity index (χ1) is 9.59. The molecule has 1 atom stereocenters. The van der Waals surface area contributed by atoms with Gasteiger partial charge in [0.05, 0.1) is 25.3 Å². The van der Waals surface area contributed by atoms with Crippen LogP contribution in [0.15, 0.2) is 36.0 Å². The number of rotatable bonds is 2. The first-order valence-electron chi connectivity index (χ1n) is 6.69. The number of ether oxygens (including phenoxy) is 1. The van der Waals surface area contributed by atoms with Gasteiger partial charge in [0.15, 0.2) is 0 Å². The van der Waals surface area contributed by atoms with E-state index in [1.165, 1.54) is 12.1 Å². The number of benzene rings is 1. The van der Waals surface area contributed by atoms with Crippen molar-refractivity contribution in [3.8, 4) is 0 Å². The molecule has 1 aromatic rings. The lowest BCUT2D eigenvalue weighted by atomic mass is 9.89. The summed E-state index contributed by atoms with van der Waals surface area (Å²) >= 11 is 0. The van der Waals surface area contributed by atoms with E-state index in [1.54, 1.807) is 18.2 Å². The van der Waals surface area contributed by atoms with Crippen LogP contribution in [-0.2, 0) is 15.1 Å². The molecule has 20 heavy (non-hydrogen) atoms. The molecule has 1 unspecified atom stereocenters. The van der Waals surface area contributed by atoms with Crippen molar-refractivity contribution in [2.24, 2.45) is 0 Å². The van der Waals surface area contributed by atoms with E-state index in [0.29, 0.717) is 26.3 Å². The molecule has 1 saturated heterocycles. The second-order valence-corrected chi connectivity index (χ2v) is 5.34. The monoisotopic (exact) mass is 276 g/mol. The van der Waals surface area contributed by atoms with E-state index in [2.05, 4.69) is 17.1 Å². The quantitative estimate of drug-likeness (QED) is 0.887. The number of amides is 1. The molecule has 0 aromatic heterocycles. The zero-order valence-corrected chi connectivity index (χ0v) is 11.4. The van der Waals surface area contributed by atoms with Gasteiger partial charge >= 0.3 is 0 Å². The van der Waals surface area contributed by atoms with Crippen LogP contribution in [0.5, 0.6) is 0 Å². The fourth-order valence-corrected chi connectivity index (χ4v) is 2.86. The molecular formula is C15H17FN2O2. The molecule has 0 aliphatic carbocycles. The van der Waals surface area contributed by atoms with Gasteiger partial charge in [0.2, 0.25) is 5.91 Å². The number of hydrogen-bond acceptors (Lipinski definition) is 3. The Morgan fingerprint density at radius 1 is 1.35 bits per heavy atom. The Morgan fingerprint density at radius 3 is 2.75 bits per heavy atom. The molecular weight excluding hydrogens is 259 g/mol. The first kappa shape index (κ1) is 13.1. The fourth-order valence-electron chi connectivity index (χ4n) is 2.86. The Morgan fingerprint density at radius 2 is 2.10 bits per heavy atom. The van der Waals surface area contributed by atoms with Crippen molar-refractivity contribution in [2.45, 2.75) is 12.5 Å². The Bertz CT molecular complexity index is 555. The van der Waals surface area contributed by atoms with Crippen LogP contribution in [0.2, 0.25) is 0 Å². The van der Waals surface area contributed by atoms with Gasteiger partial charge in [-0.05, 0) is 24.6 Å². The number of carbonyl (C=O) groups is 1. The van der Waals surface area contributed by atoms with E-state index in [9.17, 15) is 9.18 Å². The average molecular weight is 276 g/mol. The molecule has 0 saturated carbocycles. The van der Waals surface area contributed by atoms with Gasteiger partial charge < -0.3 is 15.0 Å². The SMILES string of the molecule is CC1(c2ccc(F)cc2)COCCN1C1=CC(=O)NC1.